The zero-order valence-corrected chi connectivity index (χ0v) is 23.9. The minimum absolute atomic E-state index is 0. The minimum Gasteiger partial charge on any atom is -0.495 e. The quantitative estimate of drug-likeness (QED) is 0.0666. The van der Waals surface area contributed by atoms with Crippen LogP contribution in [0, 0.1) is 7.43 Å². The molecule has 1 aromatic heterocycles. The first-order valence-corrected chi connectivity index (χ1v) is 13.1. The van der Waals surface area contributed by atoms with Crippen LogP contribution in [0.1, 0.15) is 31.4 Å². The third kappa shape index (κ3) is 11.3. The Morgan fingerprint density at radius 3 is 1.95 bits per heavy atom. The Hall–Kier alpha value is -2.91. The maximum absolute atomic E-state index is 11.7. The van der Waals surface area contributed by atoms with Gasteiger partial charge in [-0.15, -0.1) is 0 Å². The standard InChI is InChI=1S/C24H30N4O8S.CH3.Fe.H2O/c29-22(26-17-8-10-19(11-9-17)37(34,35)36)14-28(16-24(32)33)21-7-2-1-6-20(21)27(15-23(30)31)13-18-5-3-4-12-25-18;;;/h3-5,8-12,20-21H,1-2,6-7,13-16H2,(H,26,29)(H,30,31)(H,32,33)(H,34,35,36);1H3;;1H2/q;-1;+3;/p+1/t20-,21?;;;/m0.../s1. The first-order chi connectivity index (χ1) is 17.5. The fourth-order valence-electron chi connectivity index (χ4n) is 4.63. The van der Waals surface area contributed by atoms with Gasteiger partial charge in [0.05, 0.1) is 35.9 Å². The number of pyridine rings is 1. The average Bonchev–Trinajstić information content (AvgIpc) is 2.83. The number of carboxylic acid groups (broad SMARTS) is 2. The van der Waals surface area contributed by atoms with Crippen LogP contribution in [0.5, 0.6) is 0 Å². The molecule has 0 bridgehead atoms. The molecule has 0 saturated heterocycles. The number of aliphatic hydroxyl groups is 1. The van der Waals surface area contributed by atoms with Crippen LogP contribution in [0.25, 0.3) is 0 Å². The van der Waals surface area contributed by atoms with Gasteiger partial charge in [0.15, 0.2) is 0 Å². The second-order valence-corrected chi connectivity index (χ2v) is 10.3. The number of aromatic nitrogens is 1. The van der Waals surface area contributed by atoms with E-state index >= 15 is 0 Å². The Balaban J connectivity index is 0.00000507. The molecule has 1 aliphatic carbocycles. The molecule has 1 aromatic carbocycles. The second-order valence-electron chi connectivity index (χ2n) is 8.83. The molecular formula is C25H36FeN4O9S+3. The average molecular weight is 624 g/mol. The summed E-state index contributed by atoms with van der Waals surface area (Å²) in [5, 5.41) is 29.7. The van der Waals surface area contributed by atoms with E-state index in [-0.39, 0.29) is 78.2 Å². The van der Waals surface area contributed by atoms with E-state index in [9.17, 15) is 33.3 Å². The first kappa shape index (κ1) is 37.1. The number of benzene rings is 1. The molecule has 13 nitrogen and oxygen atoms in total. The van der Waals surface area contributed by atoms with Crippen LogP contribution in [0.15, 0.2) is 58.5 Å². The zero-order valence-electron chi connectivity index (χ0n) is 22.0. The van der Waals surface area contributed by atoms with E-state index in [2.05, 4.69) is 9.98 Å². The molecule has 1 fully saturated rings. The van der Waals surface area contributed by atoms with Crippen molar-refractivity contribution in [2.45, 2.75) is 49.2 Å². The van der Waals surface area contributed by atoms with Gasteiger partial charge in [-0.2, -0.15) is 8.42 Å². The van der Waals surface area contributed by atoms with E-state index in [0.717, 1.165) is 25.0 Å². The number of nitrogens with zero attached hydrogens (tertiary/aromatic N) is 4. The van der Waals surface area contributed by atoms with Crippen molar-refractivity contribution in [3.8, 4) is 0 Å². The number of carboxylic acids is 2. The van der Waals surface area contributed by atoms with Gasteiger partial charge in [-0.3, -0.25) is 28.9 Å². The van der Waals surface area contributed by atoms with Crippen molar-refractivity contribution in [1.82, 2.24) is 14.8 Å². The summed E-state index contributed by atoms with van der Waals surface area (Å²) in [5.41, 5.74) is 0.902. The largest absolute Gasteiger partial charge is 3.00 e. The van der Waals surface area contributed by atoms with E-state index in [1.165, 1.54) is 12.1 Å². The van der Waals surface area contributed by atoms with Crippen LogP contribution < -0.4 is 0 Å². The fraction of sp³-hybridized carbons (Fsp3) is 0.400. The summed E-state index contributed by atoms with van der Waals surface area (Å²) in [6, 6.07) is 9.57. The summed E-state index contributed by atoms with van der Waals surface area (Å²) in [7, 11) is -4.38. The monoisotopic (exact) mass is 624 g/mol. The van der Waals surface area contributed by atoms with Gasteiger partial charge in [-0.05, 0) is 49.2 Å². The van der Waals surface area contributed by atoms with Crippen molar-refractivity contribution >= 4 is 33.6 Å². The van der Waals surface area contributed by atoms with Crippen molar-refractivity contribution < 1.29 is 60.4 Å². The van der Waals surface area contributed by atoms with Gasteiger partial charge >= 0.3 is 29.0 Å². The van der Waals surface area contributed by atoms with Gasteiger partial charge in [-0.25, -0.2) is 4.99 Å². The van der Waals surface area contributed by atoms with Crippen LogP contribution in [0.2, 0.25) is 0 Å². The number of aliphatic imine (C=N–C) groups is 1. The summed E-state index contributed by atoms with van der Waals surface area (Å²) in [6.07, 6.45) is 4.54. The molecule has 0 amide bonds. The van der Waals surface area contributed by atoms with Crippen LogP contribution in [-0.4, -0.2) is 92.6 Å². The number of hydrogen-bond donors (Lipinski definition) is 4. The molecular weight excluding hydrogens is 588 g/mol. The van der Waals surface area contributed by atoms with Crippen LogP contribution in [-0.2, 0) is 48.8 Å². The van der Waals surface area contributed by atoms with Crippen LogP contribution in [0.3, 0.4) is 0 Å². The normalized spacial score (nSPS) is 17.3. The number of rotatable bonds is 12. The topological polar surface area (TPSA) is 214 Å². The van der Waals surface area contributed by atoms with Crippen LogP contribution >= 0.6 is 0 Å². The predicted octanol–water partition coefficient (Wildman–Crippen LogP) is 1.73. The summed E-state index contributed by atoms with van der Waals surface area (Å²) in [6.45, 7) is -0.584. The molecule has 221 valence electrons. The van der Waals surface area contributed by atoms with Gasteiger partial charge in [0.1, 0.15) is 0 Å². The number of aliphatic carboxylic acids is 2. The fourth-order valence-corrected chi connectivity index (χ4v) is 5.11. The van der Waals surface area contributed by atoms with Crippen LogP contribution in [0.4, 0.5) is 5.69 Å². The molecule has 1 unspecified atom stereocenters. The molecule has 1 radical (unpaired) electrons. The summed E-state index contributed by atoms with van der Waals surface area (Å²) in [5.74, 6) is -2.51. The molecule has 40 heavy (non-hydrogen) atoms. The number of aliphatic hydroxyl groups excluding tert-OH is 1. The molecule has 2 atom stereocenters. The van der Waals surface area contributed by atoms with Gasteiger partial charge in [-0.1, -0.05) is 18.9 Å². The van der Waals surface area contributed by atoms with Gasteiger partial charge < -0.3 is 28.2 Å². The molecule has 1 aliphatic rings. The van der Waals surface area contributed by atoms with Gasteiger partial charge in [0, 0.05) is 24.8 Å². The molecule has 7 N–H and O–H groups in total. The minimum atomic E-state index is -4.38. The van der Waals surface area contributed by atoms with Crippen molar-refractivity contribution in [3.05, 3.63) is 61.8 Å². The Kier molecular flexibility index (Phi) is 15.8. The number of carbonyl (C=O) groups is 2. The third-order valence-corrected chi connectivity index (χ3v) is 7.01. The van der Waals surface area contributed by atoms with E-state index in [1.54, 1.807) is 28.1 Å². The van der Waals surface area contributed by atoms with Crippen molar-refractivity contribution in [2.75, 3.05) is 19.6 Å². The first-order valence-electron chi connectivity index (χ1n) is 11.7. The Bertz CT molecular complexity index is 1210. The van der Waals surface area contributed by atoms with Gasteiger partial charge in [0.2, 0.25) is 5.90 Å². The summed E-state index contributed by atoms with van der Waals surface area (Å²) in [4.78, 5) is 34.8. The zero-order chi connectivity index (χ0) is 27.0. The molecule has 1 saturated carbocycles. The summed E-state index contributed by atoms with van der Waals surface area (Å²) >= 11 is 0. The van der Waals surface area contributed by atoms with E-state index in [4.69, 9.17) is 4.55 Å². The molecule has 1 heterocycles. The van der Waals surface area contributed by atoms with Crippen molar-refractivity contribution in [3.63, 3.8) is 0 Å². The van der Waals surface area contributed by atoms with Crippen molar-refractivity contribution in [2.24, 2.45) is 4.99 Å². The smallest absolute Gasteiger partial charge is 0.495 e. The molecule has 2 aromatic rings. The third-order valence-electron chi connectivity index (χ3n) is 6.14. The van der Waals surface area contributed by atoms with E-state index < -0.39 is 28.6 Å². The SMILES string of the molecule is O=C(O)CN(CC(O)=Nc1ccc(S(=O)(=O)O)cc1)C1CCCC[C@@H]1N(CC(=O)O)Cc1ccccn1.[CH3-].[Fe+3].[OH3+]. The Morgan fingerprint density at radius 2 is 1.45 bits per heavy atom. The van der Waals surface area contributed by atoms with E-state index in [0.29, 0.717) is 18.5 Å². The maximum Gasteiger partial charge on any atom is 3.00 e. The Morgan fingerprint density at radius 1 is 0.900 bits per heavy atom. The predicted molar refractivity (Wildman–Crippen MR) is 145 cm³/mol. The van der Waals surface area contributed by atoms with E-state index in [1.807, 2.05) is 6.07 Å². The molecule has 0 aliphatic heterocycles. The molecule has 3 rings (SSSR count). The second kappa shape index (κ2) is 17.0. The number of hydrogen-bond acceptors (Lipinski definition) is 8. The van der Waals surface area contributed by atoms with Crippen molar-refractivity contribution in [1.29, 1.82) is 0 Å². The Labute approximate surface area is 244 Å². The molecule has 0 spiro atoms. The molecule has 15 heteroatoms. The summed E-state index contributed by atoms with van der Waals surface area (Å²) < 4.78 is 31.5. The van der Waals surface area contributed by atoms with Gasteiger partial charge in [0.25, 0.3) is 10.1 Å². The maximum atomic E-state index is 11.7.